The Bertz CT molecular complexity index is 760. The van der Waals surface area contributed by atoms with Crippen molar-refractivity contribution in [3.63, 3.8) is 0 Å². The van der Waals surface area contributed by atoms with Crippen LogP contribution in [0.5, 0.6) is 0 Å². The Balaban J connectivity index is 1.88. The predicted octanol–water partition coefficient (Wildman–Crippen LogP) is 2.81. The van der Waals surface area contributed by atoms with Crippen LogP contribution in [-0.4, -0.2) is 30.8 Å². The van der Waals surface area contributed by atoms with Gasteiger partial charge < -0.3 is 14.7 Å². The number of aliphatic hydroxyl groups excluding tert-OH is 1. The molecule has 4 rings (SSSR count). The minimum Gasteiger partial charge on any atom is -0.396 e. The molecule has 0 bridgehead atoms. The number of hydrogen-bond acceptors (Lipinski definition) is 3. The molecule has 0 radical (unpaired) electrons. The quantitative estimate of drug-likeness (QED) is 0.945. The minimum atomic E-state index is -0.980. The molecule has 2 heterocycles. The summed E-state index contributed by atoms with van der Waals surface area (Å²) in [6.45, 7) is 0.0634. The average Bonchev–Trinajstić information content (AvgIpc) is 3.10. The number of hydrogen-bond donors (Lipinski definition) is 1. The highest BCUT2D eigenvalue weighted by atomic mass is 16.5. The van der Waals surface area contributed by atoms with Crippen molar-refractivity contribution in [1.29, 1.82) is 0 Å². The molecule has 4 heteroatoms. The number of rotatable bonds is 3. The van der Waals surface area contributed by atoms with Crippen LogP contribution in [0.3, 0.4) is 0 Å². The molecule has 2 aromatic rings. The third-order valence-electron chi connectivity index (χ3n) is 5.28. The first-order valence-corrected chi connectivity index (χ1v) is 8.39. The molecule has 0 saturated carbocycles. The van der Waals surface area contributed by atoms with Gasteiger partial charge in [-0.05, 0) is 24.5 Å². The highest BCUT2D eigenvalue weighted by Crippen LogP contribution is 2.56. The van der Waals surface area contributed by atoms with Crippen molar-refractivity contribution in [3.8, 4) is 0 Å². The molecule has 2 aliphatic rings. The molecule has 4 nitrogen and oxygen atoms in total. The molecule has 2 aliphatic heterocycles. The van der Waals surface area contributed by atoms with Gasteiger partial charge in [-0.2, -0.15) is 0 Å². The lowest BCUT2D eigenvalue weighted by molar-refractivity contribution is -0.143. The number of carbonyl (C=O) groups excluding carboxylic acids is 1. The van der Waals surface area contributed by atoms with Crippen LogP contribution >= 0.6 is 0 Å². The van der Waals surface area contributed by atoms with E-state index in [1.807, 2.05) is 42.5 Å². The Morgan fingerprint density at radius 2 is 1.88 bits per heavy atom. The summed E-state index contributed by atoms with van der Waals surface area (Å²) >= 11 is 0. The van der Waals surface area contributed by atoms with Crippen LogP contribution < -0.4 is 4.90 Å². The monoisotopic (exact) mass is 323 g/mol. The average molecular weight is 323 g/mol. The van der Waals surface area contributed by atoms with Gasteiger partial charge in [0.2, 0.25) is 0 Å². The molecule has 1 N–H and O–H groups in total. The van der Waals surface area contributed by atoms with Crippen LogP contribution in [0.25, 0.3) is 0 Å². The van der Waals surface area contributed by atoms with E-state index in [1.165, 1.54) is 0 Å². The molecule has 24 heavy (non-hydrogen) atoms. The van der Waals surface area contributed by atoms with Crippen molar-refractivity contribution in [2.75, 3.05) is 18.6 Å². The first kappa shape index (κ1) is 15.4. The number of carbonyl (C=O) groups is 1. The summed E-state index contributed by atoms with van der Waals surface area (Å²) in [6, 6.07) is 18.0. The predicted molar refractivity (Wildman–Crippen MR) is 91.9 cm³/mol. The van der Waals surface area contributed by atoms with Crippen molar-refractivity contribution in [1.82, 2.24) is 0 Å². The number of nitrogens with zero attached hydrogens (tertiary/aromatic N) is 1. The number of likely N-dealkylation sites (N-methyl/N-ethyl adjacent to an activating group) is 1. The molecular formula is C20H21NO3. The van der Waals surface area contributed by atoms with Crippen molar-refractivity contribution in [2.45, 2.75) is 30.5 Å². The van der Waals surface area contributed by atoms with Gasteiger partial charge in [-0.3, -0.25) is 4.79 Å². The molecule has 1 fully saturated rings. The fraction of sp³-hybridized carbons (Fsp3) is 0.350. The lowest BCUT2D eigenvalue weighted by atomic mass is 9.77. The normalized spacial score (nSPS) is 28.6. The van der Waals surface area contributed by atoms with Gasteiger partial charge in [-0.1, -0.05) is 48.5 Å². The second-order valence-electron chi connectivity index (χ2n) is 6.57. The van der Waals surface area contributed by atoms with E-state index in [1.54, 1.807) is 11.9 Å². The number of ether oxygens (including phenoxy) is 1. The summed E-state index contributed by atoms with van der Waals surface area (Å²) in [7, 11) is 1.81. The summed E-state index contributed by atoms with van der Waals surface area (Å²) in [5, 5.41) is 9.35. The Hall–Kier alpha value is -2.17. The van der Waals surface area contributed by atoms with Gasteiger partial charge in [-0.25, -0.2) is 0 Å². The zero-order valence-electron chi connectivity index (χ0n) is 13.7. The van der Waals surface area contributed by atoms with Gasteiger partial charge in [0, 0.05) is 25.1 Å². The second-order valence-corrected chi connectivity index (χ2v) is 6.57. The molecule has 0 aromatic heterocycles. The third-order valence-corrected chi connectivity index (χ3v) is 5.28. The molecule has 0 unspecified atom stereocenters. The highest BCUT2D eigenvalue weighted by molar-refractivity contribution is 6.07. The van der Waals surface area contributed by atoms with Crippen LogP contribution in [0.15, 0.2) is 54.6 Å². The minimum absolute atomic E-state index is 0.0157. The summed E-state index contributed by atoms with van der Waals surface area (Å²) in [6.07, 6.45) is 1.16. The lowest BCUT2D eigenvalue weighted by Gasteiger charge is -2.29. The number of amides is 1. The van der Waals surface area contributed by atoms with Gasteiger partial charge in [0.15, 0.2) is 5.60 Å². The number of aliphatic hydroxyl groups is 1. The fourth-order valence-electron chi connectivity index (χ4n) is 4.20. The molecule has 1 saturated heterocycles. The summed E-state index contributed by atoms with van der Waals surface area (Å²) < 4.78 is 6.38. The van der Waals surface area contributed by atoms with E-state index in [0.717, 1.165) is 23.2 Å². The van der Waals surface area contributed by atoms with E-state index in [-0.39, 0.29) is 24.5 Å². The zero-order chi connectivity index (χ0) is 16.7. The third kappa shape index (κ3) is 2.03. The Morgan fingerprint density at radius 3 is 2.62 bits per heavy atom. The van der Waals surface area contributed by atoms with Gasteiger partial charge >= 0.3 is 0 Å². The van der Waals surface area contributed by atoms with Crippen molar-refractivity contribution in [2.24, 2.45) is 0 Å². The van der Waals surface area contributed by atoms with Gasteiger partial charge in [0.05, 0.1) is 11.8 Å². The van der Waals surface area contributed by atoms with Gasteiger partial charge in [-0.15, -0.1) is 0 Å². The SMILES string of the molecule is CN1C(=O)[C@@]2(O[C@H](CCO)C[C@@H]2c2ccccc2)c2ccccc21. The molecular weight excluding hydrogens is 302 g/mol. The Kier molecular flexibility index (Phi) is 3.66. The maximum Gasteiger partial charge on any atom is 0.264 e. The molecule has 124 valence electrons. The molecule has 1 amide bonds. The van der Waals surface area contributed by atoms with Crippen molar-refractivity contribution < 1.29 is 14.6 Å². The molecule has 0 aliphatic carbocycles. The Labute approximate surface area is 141 Å². The summed E-state index contributed by atoms with van der Waals surface area (Å²) in [4.78, 5) is 15.0. The van der Waals surface area contributed by atoms with E-state index < -0.39 is 5.60 Å². The lowest BCUT2D eigenvalue weighted by Crippen LogP contribution is -2.42. The molecule has 1 spiro atoms. The smallest absolute Gasteiger partial charge is 0.264 e. The van der Waals surface area contributed by atoms with Crippen LogP contribution in [-0.2, 0) is 15.1 Å². The summed E-state index contributed by atoms with van der Waals surface area (Å²) in [5.41, 5.74) is 1.98. The molecule has 2 aromatic carbocycles. The first-order valence-electron chi connectivity index (χ1n) is 8.39. The van der Waals surface area contributed by atoms with Crippen LogP contribution in [0.4, 0.5) is 5.69 Å². The van der Waals surface area contributed by atoms with Crippen LogP contribution in [0.2, 0.25) is 0 Å². The largest absolute Gasteiger partial charge is 0.396 e. The van der Waals surface area contributed by atoms with Gasteiger partial charge in [0.25, 0.3) is 5.91 Å². The van der Waals surface area contributed by atoms with Gasteiger partial charge in [0.1, 0.15) is 0 Å². The highest BCUT2D eigenvalue weighted by Gasteiger charge is 2.61. The second kappa shape index (κ2) is 5.72. The summed E-state index contributed by atoms with van der Waals surface area (Å²) in [5.74, 6) is -0.0631. The van der Waals surface area contributed by atoms with Crippen molar-refractivity contribution in [3.05, 3.63) is 65.7 Å². The topological polar surface area (TPSA) is 49.8 Å². The van der Waals surface area contributed by atoms with Crippen LogP contribution in [0.1, 0.15) is 29.9 Å². The van der Waals surface area contributed by atoms with E-state index >= 15 is 0 Å². The maximum atomic E-state index is 13.3. The van der Waals surface area contributed by atoms with E-state index in [4.69, 9.17) is 4.74 Å². The maximum absolute atomic E-state index is 13.3. The Morgan fingerprint density at radius 1 is 1.17 bits per heavy atom. The number of benzene rings is 2. The van der Waals surface area contributed by atoms with E-state index in [0.29, 0.717) is 6.42 Å². The number of para-hydroxylation sites is 1. The van der Waals surface area contributed by atoms with Crippen LogP contribution in [0, 0.1) is 0 Å². The van der Waals surface area contributed by atoms with Crippen molar-refractivity contribution >= 4 is 11.6 Å². The first-order chi connectivity index (χ1) is 11.7. The molecule has 3 atom stereocenters. The number of anilines is 1. The van der Waals surface area contributed by atoms with E-state index in [9.17, 15) is 9.90 Å². The number of fused-ring (bicyclic) bond motifs is 2. The van der Waals surface area contributed by atoms with E-state index in [2.05, 4.69) is 12.1 Å². The standard InChI is InChI=1S/C20H21NO3/c1-21-18-10-6-5-9-16(18)20(19(21)23)17(13-15(24-20)11-12-22)14-7-3-2-4-8-14/h2-10,15,17,22H,11-13H2,1H3/t15-,17-,20-/m1/s1. The zero-order valence-corrected chi connectivity index (χ0v) is 13.7. The fourth-order valence-corrected chi connectivity index (χ4v) is 4.20.